The number of carbonyl (C=O) groups is 2. The van der Waals surface area contributed by atoms with Crippen molar-refractivity contribution in [1.82, 2.24) is 5.32 Å². The molecule has 3 aromatic rings. The average molecular weight is 388 g/mol. The van der Waals surface area contributed by atoms with Crippen LogP contribution in [0.15, 0.2) is 78.9 Å². The smallest absolute Gasteiger partial charge is 0.251 e. The maximum Gasteiger partial charge on any atom is 0.251 e. The summed E-state index contributed by atoms with van der Waals surface area (Å²) in [6.07, 6.45) is 0.374. The maximum absolute atomic E-state index is 13.1. The number of nitrogens with one attached hydrogen (secondary N) is 2. The summed E-state index contributed by atoms with van der Waals surface area (Å²) in [5.41, 5.74) is 3.03. The molecule has 0 aliphatic carbocycles. The van der Waals surface area contributed by atoms with Crippen molar-refractivity contribution in [2.24, 2.45) is 0 Å². The number of hydrogen-bond acceptors (Lipinski definition) is 3. The first-order chi connectivity index (χ1) is 14.1. The van der Waals surface area contributed by atoms with Crippen LogP contribution in [-0.4, -0.2) is 25.0 Å². The standard InChI is InChI=1S/C24H24N2O3/c1-17-13-14-22(29-2)20(15-17)25-24(28)21(16-18-9-5-3-6-10-18)26-23(27)19-11-7-4-8-12-19/h3-15,21H,16H2,1-2H3,(H,25,28)(H,26,27)/t21-/m0/s1. The minimum Gasteiger partial charge on any atom is -0.495 e. The molecule has 3 rings (SSSR count). The number of benzene rings is 3. The van der Waals surface area contributed by atoms with Crippen LogP contribution in [0.25, 0.3) is 0 Å². The molecule has 0 bridgehead atoms. The zero-order chi connectivity index (χ0) is 20.6. The molecule has 0 saturated carbocycles. The molecule has 148 valence electrons. The van der Waals surface area contributed by atoms with Crippen molar-refractivity contribution in [2.75, 3.05) is 12.4 Å². The van der Waals surface area contributed by atoms with E-state index in [1.807, 2.05) is 55.5 Å². The van der Waals surface area contributed by atoms with Crippen LogP contribution in [0.1, 0.15) is 21.5 Å². The number of anilines is 1. The third-order valence-corrected chi connectivity index (χ3v) is 4.55. The molecule has 0 aromatic heterocycles. The third-order valence-electron chi connectivity index (χ3n) is 4.55. The molecule has 0 radical (unpaired) electrons. The number of aryl methyl sites for hydroxylation is 1. The highest BCUT2D eigenvalue weighted by atomic mass is 16.5. The Morgan fingerprint density at radius 2 is 1.59 bits per heavy atom. The van der Waals surface area contributed by atoms with Gasteiger partial charge >= 0.3 is 0 Å². The van der Waals surface area contributed by atoms with Gasteiger partial charge in [-0.1, -0.05) is 54.6 Å². The third kappa shape index (κ3) is 5.45. The fourth-order valence-electron chi connectivity index (χ4n) is 3.03. The molecule has 5 nitrogen and oxygen atoms in total. The van der Waals surface area contributed by atoms with Crippen LogP contribution in [0.2, 0.25) is 0 Å². The van der Waals surface area contributed by atoms with E-state index in [1.54, 1.807) is 37.4 Å². The topological polar surface area (TPSA) is 67.4 Å². The Labute approximate surface area is 170 Å². The second-order valence-electron chi connectivity index (χ2n) is 6.77. The van der Waals surface area contributed by atoms with E-state index < -0.39 is 6.04 Å². The van der Waals surface area contributed by atoms with Crippen LogP contribution >= 0.6 is 0 Å². The molecule has 0 spiro atoms. The monoisotopic (exact) mass is 388 g/mol. The summed E-state index contributed by atoms with van der Waals surface area (Å²) in [6.45, 7) is 1.94. The van der Waals surface area contributed by atoms with Crippen molar-refractivity contribution in [3.05, 3.63) is 95.6 Å². The number of hydrogen-bond donors (Lipinski definition) is 2. The Hall–Kier alpha value is -3.60. The summed E-state index contributed by atoms with van der Waals surface area (Å²) in [4.78, 5) is 25.7. The zero-order valence-corrected chi connectivity index (χ0v) is 16.5. The molecule has 0 unspecified atom stereocenters. The molecule has 0 aliphatic heterocycles. The minimum absolute atomic E-state index is 0.294. The van der Waals surface area contributed by atoms with Gasteiger partial charge in [-0.25, -0.2) is 0 Å². The SMILES string of the molecule is COc1ccc(C)cc1NC(=O)[C@H](Cc1ccccc1)NC(=O)c1ccccc1. The van der Waals surface area contributed by atoms with Crippen LogP contribution in [-0.2, 0) is 11.2 Å². The lowest BCUT2D eigenvalue weighted by Crippen LogP contribution is -2.45. The number of ether oxygens (including phenoxy) is 1. The molecular weight excluding hydrogens is 364 g/mol. The average Bonchev–Trinajstić information content (AvgIpc) is 2.74. The van der Waals surface area contributed by atoms with Crippen LogP contribution < -0.4 is 15.4 Å². The first-order valence-corrected chi connectivity index (χ1v) is 9.42. The summed E-state index contributed by atoms with van der Waals surface area (Å²) in [5.74, 6) is -0.0308. The molecular formula is C24H24N2O3. The van der Waals surface area contributed by atoms with E-state index in [1.165, 1.54) is 0 Å². The largest absolute Gasteiger partial charge is 0.495 e. The molecule has 0 heterocycles. The Morgan fingerprint density at radius 1 is 0.931 bits per heavy atom. The highest BCUT2D eigenvalue weighted by Crippen LogP contribution is 2.25. The van der Waals surface area contributed by atoms with E-state index in [4.69, 9.17) is 4.74 Å². The number of amides is 2. The highest BCUT2D eigenvalue weighted by Gasteiger charge is 2.23. The van der Waals surface area contributed by atoms with Crippen molar-refractivity contribution >= 4 is 17.5 Å². The van der Waals surface area contributed by atoms with Crippen molar-refractivity contribution in [3.8, 4) is 5.75 Å². The molecule has 3 aromatic carbocycles. The molecule has 0 saturated heterocycles. The first-order valence-electron chi connectivity index (χ1n) is 9.42. The van der Waals surface area contributed by atoms with Crippen molar-refractivity contribution in [1.29, 1.82) is 0 Å². The van der Waals surface area contributed by atoms with Crippen LogP contribution in [0.5, 0.6) is 5.75 Å². The Morgan fingerprint density at radius 3 is 2.24 bits per heavy atom. The fraction of sp³-hybridized carbons (Fsp3) is 0.167. The van der Waals surface area contributed by atoms with Gasteiger partial charge in [-0.05, 0) is 42.3 Å². The van der Waals surface area contributed by atoms with Gasteiger partial charge in [0, 0.05) is 12.0 Å². The van der Waals surface area contributed by atoms with E-state index in [0.717, 1.165) is 11.1 Å². The molecule has 0 fully saturated rings. The van der Waals surface area contributed by atoms with Crippen LogP contribution in [0.3, 0.4) is 0 Å². The van der Waals surface area contributed by atoms with Gasteiger partial charge in [0.05, 0.1) is 12.8 Å². The van der Waals surface area contributed by atoms with Crippen molar-refractivity contribution < 1.29 is 14.3 Å². The fourth-order valence-corrected chi connectivity index (χ4v) is 3.03. The van der Waals surface area contributed by atoms with Gasteiger partial charge in [-0.15, -0.1) is 0 Å². The van der Waals surface area contributed by atoms with E-state index in [9.17, 15) is 9.59 Å². The van der Waals surface area contributed by atoms with E-state index >= 15 is 0 Å². The van der Waals surface area contributed by atoms with Gasteiger partial charge in [0.2, 0.25) is 5.91 Å². The quantitative estimate of drug-likeness (QED) is 0.643. The Kier molecular flexibility index (Phi) is 6.63. The number of carbonyl (C=O) groups excluding carboxylic acids is 2. The molecule has 2 N–H and O–H groups in total. The van der Waals surface area contributed by atoms with Crippen molar-refractivity contribution in [3.63, 3.8) is 0 Å². The van der Waals surface area contributed by atoms with E-state index in [2.05, 4.69) is 10.6 Å². The van der Waals surface area contributed by atoms with Gasteiger partial charge in [-0.3, -0.25) is 9.59 Å². The van der Waals surface area contributed by atoms with Crippen LogP contribution in [0, 0.1) is 6.92 Å². The van der Waals surface area contributed by atoms with Gasteiger partial charge in [0.1, 0.15) is 11.8 Å². The Balaban J connectivity index is 1.83. The van der Waals surface area contributed by atoms with E-state index in [-0.39, 0.29) is 11.8 Å². The summed E-state index contributed by atoms with van der Waals surface area (Å²) in [6, 6.07) is 23.3. The molecule has 29 heavy (non-hydrogen) atoms. The lowest BCUT2D eigenvalue weighted by atomic mass is 10.0. The molecule has 1 atom stereocenters. The minimum atomic E-state index is -0.740. The van der Waals surface area contributed by atoms with Gasteiger partial charge in [-0.2, -0.15) is 0 Å². The molecule has 5 heteroatoms. The summed E-state index contributed by atoms with van der Waals surface area (Å²) in [5, 5.41) is 5.76. The second kappa shape index (κ2) is 9.55. The predicted octanol–water partition coefficient (Wildman–Crippen LogP) is 3.98. The van der Waals surface area contributed by atoms with Gasteiger partial charge in [0.15, 0.2) is 0 Å². The zero-order valence-electron chi connectivity index (χ0n) is 16.5. The van der Waals surface area contributed by atoms with Crippen LogP contribution in [0.4, 0.5) is 5.69 Å². The lowest BCUT2D eigenvalue weighted by molar-refractivity contribution is -0.118. The van der Waals surface area contributed by atoms with Crippen molar-refractivity contribution in [2.45, 2.75) is 19.4 Å². The second-order valence-corrected chi connectivity index (χ2v) is 6.77. The summed E-state index contributed by atoms with van der Waals surface area (Å²) in [7, 11) is 1.55. The maximum atomic E-state index is 13.1. The first kappa shape index (κ1) is 20.1. The lowest BCUT2D eigenvalue weighted by Gasteiger charge is -2.20. The normalized spacial score (nSPS) is 11.4. The molecule has 2 amide bonds. The van der Waals surface area contributed by atoms with Gasteiger partial charge < -0.3 is 15.4 Å². The number of rotatable bonds is 7. The summed E-state index contributed by atoms with van der Waals surface area (Å²) < 4.78 is 5.35. The van der Waals surface area contributed by atoms with E-state index in [0.29, 0.717) is 23.4 Å². The predicted molar refractivity (Wildman–Crippen MR) is 114 cm³/mol. The highest BCUT2D eigenvalue weighted by molar-refractivity contribution is 6.01. The Bertz CT molecular complexity index is 972. The van der Waals surface area contributed by atoms with Gasteiger partial charge in [0.25, 0.3) is 5.91 Å². The number of methoxy groups -OCH3 is 1. The summed E-state index contributed by atoms with van der Waals surface area (Å²) >= 11 is 0. The molecule has 0 aliphatic rings.